The quantitative estimate of drug-likeness (QED) is 0.325. The van der Waals surface area contributed by atoms with Crippen molar-refractivity contribution in [2.24, 2.45) is 7.05 Å². The van der Waals surface area contributed by atoms with Gasteiger partial charge in [-0.15, -0.1) is 0 Å². The first kappa shape index (κ1) is 26.6. The normalized spacial score (nSPS) is 11.1. The van der Waals surface area contributed by atoms with E-state index in [2.05, 4.69) is 26.7 Å². The van der Waals surface area contributed by atoms with Crippen LogP contribution in [0.1, 0.15) is 11.4 Å². The number of carbonyl (C=O) groups excluding carboxylic acids is 1. The lowest BCUT2D eigenvalue weighted by Gasteiger charge is -2.25. The topological polar surface area (TPSA) is 97.5 Å². The van der Waals surface area contributed by atoms with E-state index in [1.54, 1.807) is 35.6 Å². The van der Waals surface area contributed by atoms with Gasteiger partial charge in [0.15, 0.2) is 0 Å². The van der Waals surface area contributed by atoms with Crippen molar-refractivity contribution in [3.8, 4) is 11.6 Å². The molecule has 0 fully saturated rings. The van der Waals surface area contributed by atoms with Crippen molar-refractivity contribution >= 4 is 28.3 Å². The van der Waals surface area contributed by atoms with E-state index < -0.39 is 0 Å². The highest BCUT2D eigenvalue weighted by Gasteiger charge is 2.18. The summed E-state index contributed by atoms with van der Waals surface area (Å²) in [7, 11) is 9.34. The second-order valence-electron chi connectivity index (χ2n) is 9.27. The number of imidazole rings is 1. The van der Waals surface area contributed by atoms with Crippen LogP contribution >= 0.6 is 0 Å². The van der Waals surface area contributed by atoms with Crippen molar-refractivity contribution < 1.29 is 9.53 Å². The number of likely N-dealkylation sites (N-methyl/N-ethyl adjacent to an activating group) is 2. The number of methoxy groups -OCH3 is 1. The number of anilines is 2. The van der Waals surface area contributed by atoms with Crippen LogP contribution in [0.3, 0.4) is 0 Å². The maximum atomic E-state index is 13.0. The van der Waals surface area contributed by atoms with E-state index >= 15 is 0 Å². The maximum absolute atomic E-state index is 13.0. The fourth-order valence-electron chi connectivity index (χ4n) is 4.29. The van der Waals surface area contributed by atoms with Gasteiger partial charge in [0.05, 0.1) is 29.5 Å². The van der Waals surface area contributed by atoms with Gasteiger partial charge in [0.1, 0.15) is 17.4 Å². The Balaban J connectivity index is 1.74. The van der Waals surface area contributed by atoms with Crippen molar-refractivity contribution in [2.75, 3.05) is 51.6 Å². The smallest absolute Gasteiger partial charge is 0.334 e. The molecule has 0 aliphatic carbocycles. The lowest BCUT2D eigenvalue weighted by Crippen LogP contribution is -2.29. The number of aryl methyl sites for hydroxylation is 1. The zero-order valence-electron chi connectivity index (χ0n) is 22.4. The van der Waals surface area contributed by atoms with Gasteiger partial charge in [0.25, 0.3) is 0 Å². The lowest BCUT2D eigenvalue weighted by molar-refractivity contribution is -0.111. The third-order valence-electron chi connectivity index (χ3n) is 6.37. The summed E-state index contributed by atoms with van der Waals surface area (Å²) < 4.78 is 8.91. The highest BCUT2D eigenvalue weighted by molar-refractivity contribution is 6.01. The lowest BCUT2D eigenvalue weighted by atomic mass is 10.1. The standard InChI is InChI=1S/C28H33N7O3/c1-7-27(36)30-20-16-19(24(38-6)18-23(20)33(4)15-14-32(2)3)17-25-29-13-12-26(31-25)35-22-11-9-8-10-21(22)34(5)28(35)37/h7-13,16,18H,1,14-15,17H2,2-6H3,(H,30,36). The van der Waals surface area contributed by atoms with Crippen LogP contribution in [-0.2, 0) is 18.3 Å². The van der Waals surface area contributed by atoms with E-state index in [0.717, 1.165) is 35.4 Å². The average Bonchev–Trinajstić information content (AvgIpc) is 3.17. The van der Waals surface area contributed by atoms with Gasteiger partial charge < -0.3 is 19.9 Å². The van der Waals surface area contributed by atoms with Crippen LogP contribution in [0, 0.1) is 0 Å². The number of ether oxygens (including phenoxy) is 1. The highest BCUT2D eigenvalue weighted by Crippen LogP contribution is 2.34. The zero-order chi connectivity index (χ0) is 27.4. The predicted octanol–water partition coefficient (Wildman–Crippen LogP) is 2.84. The Kier molecular flexibility index (Phi) is 7.92. The average molecular weight is 516 g/mol. The Hall–Kier alpha value is -4.44. The van der Waals surface area contributed by atoms with Crippen LogP contribution in [0.2, 0.25) is 0 Å². The molecule has 4 rings (SSSR count). The van der Waals surface area contributed by atoms with Gasteiger partial charge in [-0.25, -0.2) is 19.3 Å². The third kappa shape index (κ3) is 5.45. The molecule has 0 spiro atoms. The molecule has 0 aliphatic rings. The molecule has 0 saturated heterocycles. The van der Waals surface area contributed by atoms with Crippen LogP contribution < -0.4 is 20.6 Å². The molecule has 0 aliphatic heterocycles. The number of nitrogens with one attached hydrogen (secondary N) is 1. The van der Waals surface area contributed by atoms with Crippen molar-refractivity contribution in [3.63, 3.8) is 0 Å². The first-order chi connectivity index (χ1) is 18.2. The molecule has 2 aromatic carbocycles. The molecule has 2 heterocycles. The van der Waals surface area contributed by atoms with Crippen molar-refractivity contribution in [1.82, 2.24) is 24.0 Å². The van der Waals surface area contributed by atoms with Crippen LogP contribution in [-0.4, -0.2) is 71.3 Å². The van der Waals surface area contributed by atoms with Gasteiger partial charge in [-0.05, 0) is 44.4 Å². The Morgan fingerprint density at radius 1 is 1.13 bits per heavy atom. The molecule has 198 valence electrons. The molecule has 10 nitrogen and oxygen atoms in total. The number of amides is 1. The predicted molar refractivity (Wildman–Crippen MR) is 151 cm³/mol. The SMILES string of the molecule is C=CC(=O)Nc1cc(Cc2nccc(-n3c(=O)n(C)c4ccccc43)n2)c(OC)cc1N(C)CCN(C)C. The molecule has 0 saturated carbocycles. The molecule has 38 heavy (non-hydrogen) atoms. The molecule has 0 bridgehead atoms. The van der Waals surface area contributed by atoms with Gasteiger partial charge in [0.2, 0.25) is 5.91 Å². The van der Waals surface area contributed by atoms with E-state index in [1.165, 1.54) is 6.08 Å². The molecule has 2 aromatic heterocycles. The fourth-order valence-corrected chi connectivity index (χ4v) is 4.29. The second kappa shape index (κ2) is 11.3. The van der Waals surface area contributed by atoms with Gasteiger partial charge >= 0.3 is 5.69 Å². The molecule has 1 N–H and O–H groups in total. The third-order valence-corrected chi connectivity index (χ3v) is 6.37. The monoisotopic (exact) mass is 515 g/mol. The van der Waals surface area contributed by atoms with E-state index in [-0.39, 0.29) is 11.6 Å². The van der Waals surface area contributed by atoms with Gasteiger partial charge in [-0.3, -0.25) is 9.36 Å². The molecule has 4 aromatic rings. The van der Waals surface area contributed by atoms with Gasteiger partial charge in [-0.1, -0.05) is 18.7 Å². The maximum Gasteiger partial charge on any atom is 0.334 e. The zero-order valence-corrected chi connectivity index (χ0v) is 22.4. The van der Waals surface area contributed by atoms with Crippen molar-refractivity contribution in [2.45, 2.75) is 6.42 Å². The Morgan fingerprint density at radius 3 is 2.55 bits per heavy atom. The Labute approximate surface area is 221 Å². The van der Waals surface area contributed by atoms with Crippen molar-refractivity contribution in [1.29, 1.82) is 0 Å². The number of nitrogens with zero attached hydrogens (tertiary/aromatic N) is 6. The number of carbonyl (C=O) groups is 1. The summed E-state index contributed by atoms with van der Waals surface area (Å²) in [4.78, 5) is 38.6. The number of para-hydroxylation sites is 2. The minimum atomic E-state index is -0.308. The first-order valence-corrected chi connectivity index (χ1v) is 12.2. The number of rotatable bonds is 10. The molecule has 0 unspecified atom stereocenters. The van der Waals surface area contributed by atoms with E-state index in [1.807, 2.05) is 57.5 Å². The largest absolute Gasteiger partial charge is 0.496 e. The van der Waals surface area contributed by atoms with Gasteiger partial charge in [0, 0.05) is 51.4 Å². The summed E-state index contributed by atoms with van der Waals surface area (Å²) in [5, 5.41) is 2.92. The number of benzene rings is 2. The number of fused-ring (bicyclic) bond motifs is 1. The first-order valence-electron chi connectivity index (χ1n) is 12.2. The van der Waals surface area contributed by atoms with Crippen LogP contribution in [0.5, 0.6) is 5.75 Å². The van der Waals surface area contributed by atoms with Crippen LogP contribution in [0.25, 0.3) is 16.9 Å². The highest BCUT2D eigenvalue weighted by atomic mass is 16.5. The van der Waals surface area contributed by atoms with E-state index in [4.69, 9.17) is 9.72 Å². The number of hydrogen-bond acceptors (Lipinski definition) is 7. The van der Waals surface area contributed by atoms with Crippen molar-refractivity contribution in [3.05, 3.63) is 83.2 Å². The fraction of sp³-hybridized carbons (Fsp3) is 0.286. The summed E-state index contributed by atoms with van der Waals surface area (Å²) in [6, 6.07) is 13.1. The molecular weight excluding hydrogens is 482 g/mol. The minimum absolute atomic E-state index is 0.187. The Bertz CT molecular complexity index is 1540. The minimum Gasteiger partial charge on any atom is -0.496 e. The number of hydrogen-bond donors (Lipinski definition) is 1. The number of aromatic nitrogens is 4. The molecule has 10 heteroatoms. The van der Waals surface area contributed by atoms with E-state index in [9.17, 15) is 9.59 Å². The molecule has 0 radical (unpaired) electrons. The van der Waals surface area contributed by atoms with Crippen LogP contribution in [0.4, 0.5) is 11.4 Å². The molecular formula is C28H33N7O3. The van der Waals surface area contributed by atoms with E-state index in [0.29, 0.717) is 29.5 Å². The summed E-state index contributed by atoms with van der Waals surface area (Å²) in [6.45, 7) is 5.16. The van der Waals surface area contributed by atoms with Crippen LogP contribution in [0.15, 0.2) is 66.1 Å². The summed E-state index contributed by atoms with van der Waals surface area (Å²) in [5.74, 6) is 1.33. The summed E-state index contributed by atoms with van der Waals surface area (Å²) >= 11 is 0. The second-order valence-corrected chi connectivity index (χ2v) is 9.27. The molecule has 0 atom stereocenters. The summed E-state index contributed by atoms with van der Waals surface area (Å²) in [5.41, 5.74) is 3.64. The molecule has 1 amide bonds. The Morgan fingerprint density at radius 2 is 1.87 bits per heavy atom. The summed E-state index contributed by atoms with van der Waals surface area (Å²) in [6.07, 6.45) is 3.21. The van der Waals surface area contributed by atoms with Gasteiger partial charge in [-0.2, -0.15) is 0 Å².